The summed E-state index contributed by atoms with van der Waals surface area (Å²) in [5.74, 6) is -0.219. The number of benzene rings is 2. The molecule has 1 fully saturated rings. The quantitative estimate of drug-likeness (QED) is 0.548. The van der Waals surface area contributed by atoms with Crippen molar-refractivity contribution in [1.29, 1.82) is 0 Å². The van der Waals surface area contributed by atoms with Crippen LogP contribution in [0.1, 0.15) is 27.3 Å². The normalized spacial score (nSPS) is 15.5. The number of aromatic nitrogens is 1. The van der Waals surface area contributed by atoms with Gasteiger partial charge in [0.2, 0.25) is 10.0 Å². The number of hydrogen-bond donors (Lipinski definition) is 0. The smallest absolute Gasteiger partial charge is 0.336 e. The minimum absolute atomic E-state index is 0.00413. The molecular weight excluding hydrogens is 467 g/mol. The van der Waals surface area contributed by atoms with Crippen LogP contribution in [0.15, 0.2) is 65.6 Å². The molecule has 1 amide bonds. The standard InChI is InChI=1S/C24H24F3N3O3S/c1-17-6-7-18(2)30(17)21-10-8-19(9-11-21)23(31)28-12-14-29(15-13-28)34(32,33)22-5-3-4-20(16-22)24(25,26)27/h3-11,16H,12-15H2,1-2H3. The van der Waals surface area contributed by atoms with E-state index in [-0.39, 0.29) is 32.1 Å². The Morgan fingerprint density at radius 1 is 0.853 bits per heavy atom. The highest BCUT2D eigenvalue weighted by Crippen LogP contribution is 2.31. The van der Waals surface area contributed by atoms with Crippen molar-refractivity contribution >= 4 is 15.9 Å². The molecule has 180 valence electrons. The Kier molecular flexibility index (Phi) is 6.30. The summed E-state index contributed by atoms with van der Waals surface area (Å²) >= 11 is 0. The summed E-state index contributed by atoms with van der Waals surface area (Å²) in [4.78, 5) is 14.1. The Labute approximate surface area is 196 Å². The van der Waals surface area contributed by atoms with Crippen LogP contribution < -0.4 is 0 Å². The molecule has 1 saturated heterocycles. The Morgan fingerprint density at radius 3 is 2.00 bits per heavy atom. The predicted octanol–water partition coefficient (Wildman–Crippen LogP) is 4.26. The second-order valence-corrected chi connectivity index (χ2v) is 10.2. The molecule has 1 aliphatic rings. The minimum Gasteiger partial charge on any atom is -0.336 e. The number of amides is 1. The molecule has 3 aromatic rings. The van der Waals surface area contributed by atoms with E-state index >= 15 is 0 Å². The van der Waals surface area contributed by atoms with Crippen molar-refractivity contribution in [1.82, 2.24) is 13.8 Å². The number of carbonyl (C=O) groups is 1. The second-order valence-electron chi connectivity index (χ2n) is 8.22. The van der Waals surface area contributed by atoms with E-state index in [2.05, 4.69) is 4.57 Å². The van der Waals surface area contributed by atoms with Crippen LogP contribution in [0, 0.1) is 13.8 Å². The lowest BCUT2D eigenvalue weighted by Gasteiger charge is -2.34. The SMILES string of the molecule is Cc1ccc(C)n1-c1ccc(C(=O)N2CCN(S(=O)(=O)c3cccc(C(F)(F)F)c3)CC2)cc1. The third kappa shape index (κ3) is 4.60. The van der Waals surface area contributed by atoms with Crippen LogP contribution in [0.3, 0.4) is 0 Å². The van der Waals surface area contributed by atoms with E-state index in [1.807, 2.05) is 38.1 Å². The van der Waals surface area contributed by atoms with Crippen molar-refractivity contribution in [3.63, 3.8) is 0 Å². The molecule has 0 bridgehead atoms. The number of hydrogen-bond acceptors (Lipinski definition) is 3. The third-order valence-electron chi connectivity index (χ3n) is 5.97. The summed E-state index contributed by atoms with van der Waals surface area (Å²) in [5, 5.41) is 0. The molecular formula is C24H24F3N3O3S. The molecule has 2 heterocycles. The highest BCUT2D eigenvalue weighted by Gasteiger charge is 2.34. The molecule has 0 spiro atoms. The van der Waals surface area contributed by atoms with E-state index < -0.39 is 26.7 Å². The Hall–Kier alpha value is -3.11. The number of halogens is 3. The average Bonchev–Trinajstić information content (AvgIpc) is 3.16. The lowest BCUT2D eigenvalue weighted by atomic mass is 10.1. The molecule has 2 aromatic carbocycles. The lowest BCUT2D eigenvalue weighted by molar-refractivity contribution is -0.137. The number of sulfonamides is 1. The molecule has 34 heavy (non-hydrogen) atoms. The molecule has 4 rings (SSSR count). The maximum absolute atomic E-state index is 13.0. The Balaban J connectivity index is 1.44. The molecule has 1 aliphatic heterocycles. The molecule has 0 saturated carbocycles. The van der Waals surface area contributed by atoms with E-state index in [4.69, 9.17) is 0 Å². The Bertz CT molecular complexity index is 1290. The van der Waals surface area contributed by atoms with Gasteiger partial charge in [0.25, 0.3) is 5.91 Å². The fourth-order valence-corrected chi connectivity index (χ4v) is 5.59. The van der Waals surface area contributed by atoms with Crippen LogP contribution >= 0.6 is 0 Å². The lowest BCUT2D eigenvalue weighted by Crippen LogP contribution is -2.50. The zero-order valence-electron chi connectivity index (χ0n) is 18.7. The van der Waals surface area contributed by atoms with Crippen molar-refractivity contribution in [3.05, 3.63) is 83.2 Å². The van der Waals surface area contributed by atoms with Gasteiger partial charge >= 0.3 is 6.18 Å². The van der Waals surface area contributed by atoms with Gasteiger partial charge in [0.15, 0.2) is 0 Å². The first-order valence-electron chi connectivity index (χ1n) is 10.7. The van der Waals surface area contributed by atoms with Crippen molar-refractivity contribution < 1.29 is 26.4 Å². The summed E-state index contributed by atoms with van der Waals surface area (Å²) in [6, 6.07) is 14.9. The summed E-state index contributed by atoms with van der Waals surface area (Å²) in [7, 11) is -4.10. The zero-order valence-corrected chi connectivity index (χ0v) is 19.5. The number of rotatable bonds is 4. The molecule has 0 radical (unpaired) electrons. The first-order valence-corrected chi connectivity index (χ1v) is 12.1. The van der Waals surface area contributed by atoms with E-state index in [1.54, 1.807) is 17.0 Å². The van der Waals surface area contributed by atoms with E-state index in [0.29, 0.717) is 11.6 Å². The van der Waals surface area contributed by atoms with Crippen LogP contribution in [0.25, 0.3) is 5.69 Å². The zero-order chi connectivity index (χ0) is 24.7. The number of aryl methyl sites for hydroxylation is 2. The number of carbonyl (C=O) groups excluding carboxylic acids is 1. The van der Waals surface area contributed by atoms with Gasteiger partial charge in [-0.05, 0) is 68.4 Å². The van der Waals surface area contributed by atoms with Gasteiger partial charge in [0.05, 0.1) is 10.5 Å². The highest BCUT2D eigenvalue weighted by atomic mass is 32.2. The van der Waals surface area contributed by atoms with Gasteiger partial charge in [-0.15, -0.1) is 0 Å². The van der Waals surface area contributed by atoms with Crippen LogP contribution in [0.5, 0.6) is 0 Å². The van der Waals surface area contributed by atoms with Crippen molar-refractivity contribution in [2.45, 2.75) is 24.9 Å². The van der Waals surface area contributed by atoms with Crippen LogP contribution in [-0.2, 0) is 16.2 Å². The van der Waals surface area contributed by atoms with Gasteiger partial charge < -0.3 is 9.47 Å². The minimum atomic E-state index is -4.63. The summed E-state index contributed by atoms with van der Waals surface area (Å²) < 4.78 is 67.9. The van der Waals surface area contributed by atoms with Gasteiger partial charge in [0, 0.05) is 48.8 Å². The number of nitrogens with zero attached hydrogens (tertiary/aromatic N) is 3. The first kappa shape index (κ1) is 24.0. The first-order chi connectivity index (χ1) is 16.0. The van der Waals surface area contributed by atoms with E-state index in [0.717, 1.165) is 39.6 Å². The second kappa shape index (κ2) is 8.92. The third-order valence-corrected chi connectivity index (χ3v) is 7.86. The Morgan fingerprint density at radius 2 is 1.44 bits per heavy atom. The molecule has 1 aromatic heterocycles. The predicted molar refractivity (Wildman–Crippen MR) is 121 cm³/mol. The monoisotopic (exact) mass is 491 g/mol. The fraction of sp³-hybridized carbons (Fsp3) is 0.292. The van der Waals surface area contributed by atoms with E-state index in [1.165, 1.54) is 0 Å². The van der Waals surface area contributed by atoms with Crippen LogP contribution in [-0.4, -0.2) is 54.3 Å². The maximum atomic E-state index is 13.0. The molecule has 0 atom stereocenters. The van der Waals surface area contributed by atoms with Gasteiger partial charge in [0.1, 0.15) is 0 Å². The molecule has 10 heteroatoms. The maximum Gasteiger partial charge on any atom is 0.416 e. The van der Waals surface area contributed by atoms with Crippen molar-refractivity contribution in [2.24, 2.45) is 0 Å². The largest absolute Gasteiger partial charge is 0.416 e. The summed E-state index contributed by atoms with van der Waals surface area (Å²) in [6.45, 7) is 4.30. The average molecular weight is 492 g/mol. The van der Waals surface area contributed by atoms with Crippen LogP contribution in [0.2, 0.25) is 0 Å². The molecule has 6 nitrogen and oxygen atoms in total. The molecule has 0 unspecified atom stereocenters. The molecule has 0 N–H and O–H groups in total. The molecule has 0 aliphatic carbocycles. The summed E-state index contributed by atoms with van der Waals surface area (Å²) in [6.07, 6.45) is -4.63. The van der Waals surface area contributed by atoms with Crippen LogP contribution in [0.4, 0.5) is 13.2 Å². The van der Waals surface area contributed by atoms with E-state index in [9.17, 15) is 26.4 Å². The van der Waals surface area contributed by atoms with Gasteiger partial charge in [-0.1, -0.05) is 6.07 Å². The van der Waals surface area contributed by atoms with Gasteiger partial charge in [-0.25, -0.2) is 8.42 Å². The number of alkyl halides is 3. The van der Waals surface area contributed by atoms with Crippen molar-refractivity contribution in [3.8, 4) is 5.69 Å². The van der Waals surface area contributed by atoms with Crippen molar-refractivity contribution in [2.75, 3.05) is 26.2 Å². The summed E-state index contributed by atoms with van der Waals surface area (Å²) in [5.41, 5.74) is 2.56. The number of piperazine rings is 1. The highest BCUT2D eigenvalue weighted by molar-refractivity contribution is 7.89. The topological polar surface area (TPSA) is 62.6 Å². The van der Waals surface area contributed by atoms with Gasteiger partial charge in [-0.3, -0.25) is 4.79 Å². The fourth-order valence-electron chi connectivity index (χ4n) is 4.12. The van der Waals surface area contributed by atoms with Gasteiger partial charge in [-0.2, -0.15) is 17.5 Å².